The van der Waals surface area contributed by atoms with Gasteiger partial charge in [-0.1, -0.05) is 0 Å². The van der Waals surface area contributed by atoms with E-state index in [0.29, 0.717) is 10.5 Å². The summed E-state index contributed by atoms with van der Waals surface area (Å²) in [6.45, 7) is 1.91. The second kappa shape index (κ2) is 4.83. The molecule has 1 aromatic carbocycles. The van der Waals surface area contributed by atoms with Crippen LogP contribution in [0.2, 0.25) is 5.02 Å². The first-order valence-corrected chi connectivity index (χ1v) is 5.27. The molecule has 0 saturated heterocycles. The van der Waals surface area contributed by atoms with Crippen molar-refractivity contribution in [1.29, 1.82) is 0 Å². The first kappa shape index (κ1) is 11.4. The van der Waals surface area contributed by atoms with Crippen LogP contribution in [0.5, 0.6) is 0 Å². The van der Waals surface area contributed by atoms with Crippen molar-refractivity contribution < 1.29 is 10.0 Å². The molecule has 0 aliphatic heterocycles. The van der Waals surface area contributed by atoms with Crippen LogP contribution < -0.4 is 5.46 Å². The average molecular weight is 230 g/mol. The second-order valence-corrected chi connectivity index (χ2v) is 3.91. The van der Waals surface area contributed by atoms with E-state index in [-0.39, 0.29) is 0 Å². The first-order chi connectivity index (χ1) is 7.68. The van der Waals surface area contributed by atoms with E-state index < -0.39 is 7.12 Å². The zero-order chi connectivity index (χ0) is 11.5. The fraction of sp³-hybridized carbons (Fsp3) is 0. The van der Waals surface area contributed by atoms with E-state index in [4.69, 9.17) is 11.6 Å². The number of benzene rings is 1. The molecule has 1 heterocycles. The summed E-state index contributed by atoms with van der Waals surface area (Å²) in [5.74, 6) is 1.90. The van der Waals surface area contributed by atoms with Gasteiger partial charge in [0.15, 0.2) is 0 Å². The van der Waals surface area contributed by atoms with Gasteiger partial charge in [-0.3, -0.25) is 0 Å². The van der Waals surface area contributed by atoms with Crippen molar-refractivity contribution in [1.82, 2.24) is 0 Å². The summed E-state index contributed by atoms with van der Waals surface area (Å²) in [5.41, 5.74) is 2.13. The van der Waals surface area contributed by atoms with E-state index in [0.717, 1.165) is 11.0 Å². The molecule has 0 aliphatic rings. The molecule has 0 unspecified atom stereocenters. The third-order valence-electron chi connectivity index (χ3n) is 2.38. The Morgan fingerprint density at radius 3 is 2.56 bits per heavy atom. The van der Waals surface area contributed by atoms with Gasteiger partial charge in [-0.05, 0) is 0 Å². The maximum atomic E-state index is 9.29. The van der Waals surface area contributed by atoms with Gasteiger partial charge >= 0.3 is 99.5 Å². The molecule has 0 atom stereocenters. The summed E-state index contributed by atoms with van der Waals surface area (Å²) in [7, 11) is -1.52. The van der Waals surface area contributed by atoms with E-state index in [9.17, 15) is 10.0 Å². The molecular formula is C11H9B2ClO2. The monoisotopic (exact) mass is 230 g/mol. The van der Waals surface area contributed by atoms with Crippen LogP contribution in [0.25, 0.3) is 11.0 Å². The number of hydrogen-bond acceptors (Lipinski definition) is 2. The van der Waals surface area contributed by atoms with E-state index in [2.05, 4.69) is 0 Å². The molecule has 1 aromatic heterocycles. The molecule has 0 fully saturated rings. The normalized spacial score (nSPS) is 9.94. The molecule has 2 aromatic rings. The Hall–Kier alpha value is -1.09. The summed E-state index contributed by atoms with van der Waals surface area (Å²) in [4.78, 5) is 0. The van der Waals surface area contributed by atoms with Gasteiger partial charge in [-0.25, -0.2) is 0 Å². The summed E-state index contributed by atoms with van der Waals surface area (Å²) < 4.78 is 0. The van der Waals surface area contributed by atoms with Crippen LogP contribution in [-0.4, -0.2) is 24.1 Å². The molecule has 78 valence electrons. The summed E-state index contributed by atoms with van der Waals surface area (Å²) >= 11 is 5.83. The Bertz CT molecular complexity index is 489. The van der Waals surface area contributed by atoms with Crippen molar-refractivity contribution in [2.45, 2.75) is 0 Å². The van der Waals surface area contributed by atoms with Crippen molar-refractivity contribution in [2.75, 3.05) is 0 Å². The molecule has 0 radical (unpaired) electrons. The van der Waals surface area contributed by atoms with Gasteiger partial charge in [0.1, 0.15) is 0 Å². The Morgan fingerprint density at radius 1 is 1.12 bits per heavy atom. The Balaban J connectivity index is 2.57. The van der Waals surface area contributed by atoms with E-state index in [1.54, 1.807) is 18.2 Å². The Kier molecular flexibility index (Phi) is 3.44. The average Bonchev–Trinajstić information content (AvgIpc) is 2.30. The Morgan fingerprint density at radius 2 is 1.94 bits per heavy atom. The van der Waals surface area contributed by atoms with Gasteiger partial charge in [-0.15, -0.1) is 0 Å². The Labute approximate surface area is 99.9 Å². The summed E-state index contributed by atoms with van der Waals surface area (Å²) in [5, 5.41) is 19.1. The standard InChI is InChI=1S/C11H9B2ClO2/c14-8-4-5-9(11(7-8)13(15)16)10-3-1-2-6-12-10/h1-7,15-16H. The minimum atomic E-state index is -1.52. The van der Waals surface area contributed by atoms with Crippen LogP contribution in [0.1, 0.15) is 0 Å². The topological polar surface area (TPSA) is 40.5 Å². The third kappa shape index (κ3) is 2.35. The molecule has 0 saturated carbocycles. The van der Waals surface area contributed by atoms with Gasteiger partial charge in [0.2, 0.25) is 0 Å². The molecule has 2 rings (SSSR count). The van der Waals surface area contributed by atoms with Crippen LogP contribution in [-0.2, 0) is 0 Å². The van der Waals surface area contributed by atoms with E-state index in [1.807, 2.05) is 31.1 Å². The van der Waals surface area contributed by atoms with Crippen LogP contribution in [0, 0.1) is 0 Å². The second-order valence-electron chi connectivity index (χ2n) is 3.47. The van der Waals surface area contributed by atoms with Crippen LogP contribution in [0.4, 0.5) is 0 Å². The van der Waals surface area contributed by atoms with Crippen LogP contribution in [0.15, 0.2) is 42.4 Å². The van der Waals surface area contributed by atoms with Crippen molar-refractivity contribution >= 4 is 31.1 Å². The van der Waals surface area contributed by atoms with Crippen LogP contribution in [0.3, 0.4) is 0 Å². The fourth-order valence-electron chi connectivity index (χ4n) is 1.63. The molecule has 0 amide bonds. The molecule has 0 spiro atoms. The molecule has 0 bridgehead atoms. The zero-order valence-electron chi connectivity index (χ0n) is 8.47. The third-order valence-corrected chi connectivity index (χ3v) is 2.61. The van der Waals surface area contributed by atoms with Gasteiger partial charge in [0, 0.05) is 0 Å². The minimum absolute atomic E-state index is 0.415. The molecule has 2 nitrogen and oxygen atoms in total. The van der Waals surface area contributed by atoms with Crippen molar-refractivity contribution in [3.05, 3.63) is 47.4 Å². The molecule has 5 heteroatoms. The molecule has 16 heavy (non-hydrogen) atoms. The van der Waals surface area contributed by atoms with Crippen molar-refractivity contribution in [3.63, 3.8) is 0 Å². The summed E-state index contributed by atoms with van der Waals surface area (Å²) in [6.07, 6.45) is 0. The SMILES string of the molecule is OB(O)c1cc(Cl)ccc1-c1bcccc1. The quantitative estimate of drug-likeness (QED) is 0.756. The van der Waals surface area contributed by atoms with Crippen molar-refractivity contribution in [2.24, 2.45) is 0 Å². The zero-order valence-corrected chi connectivity index (χ0v) is 9.22. The number of rotatable bonds is 2. The van der Waals surface area contributed by atoms with E-state index in [1.165, 1.54) is 0 Å². The molecule has 0 aliphatic carbocycles. The van der Waals surface area contributed by atoms with Gasteiger partial charge < -0.3 is 0 Å². The van der Waals surface area contributed by atoms with E-state index >= 15 is 0 Å². The van der Waals surface area contributed by atoms with Crippen molar-refractivity contribution in [3.8, 4) is 11.0 Å². The van der Waals surface area contributed by atoms with Gasteiger partial charge in [0.25, 0.3) is 0 Å². The van der Waals surface area contributed by atoms with Gasteiger partial charge in [0.05, 0.1) is 0 Å². The maximum absolute atomic E-state index is 9.29. The predicted molar refractivity (Wildman–Crippen MR) is 68.1 cm³/mol. The number of hydrogen-bond donors (Lipinski definition) is 2. The fourth-order valence-corrected chi connectivity index (χ4v) is 1.81. The first-order valence-electron chi connectivity index (χ1n) is 4.89. The summed E-state index contributed by atoms with van der Waals surface area (Å²) in [6, 6.07) is 10.8. The predicted octanol–water partition coefficient (Wildman–Crippen LogP) is 1.02. The molecule has 2 N–H and O–H groups in total. The number of halogens is 1. The van der Waals surface area contributed by atoms with Crippen LogP contribution >= 0.6 is 11.6 Å². The molecular weight excluding hydrogens is 221 g/mol. The van der Waals surface area contributed by atoms with Gasteiger partial charge in [-0.2, -0.15) is 0 Å².